The van der Waals surface area contributed by atoms with Crippen molar-refractivity contribution < 1.29 is 9.52 Å². The SMILES string of the molecule is CN(Cc1nnc(-c2ccccc2)o1)CC1(O)CCCC1. The number of hydrogen-bond donors (Lipinski definition) is 1. The van der Waals surface area contributed by atoms with Gasteiger partial charge in [-0.3, -0.25) is 4.90 Å². The zero-order chi connectivity index (χ0) is 14.7. The summed E-state index contributed by atoms with van der Waals surface area (Å²) in [5.74, 6) is 1.12. The van der Waals surface area contributed by atoms with Gasteiger partial charge in [0.2, 0.25) is 11.8 Å². The van der Waals surface area contributed by atoms with Crippen LogP contribution in [0.4, 0.5) is 0 Å². The van der Waals surface area contributed by atoms with Gasteiger partial charge in [-0.1, -0.05) is 31.0 Å². The van der Waals surface area contributed by atoms with Crippen LogP contribution in [0.1, 0.15) is 31.6 Å². The highest BCUT2D eigenvalue weighted by Gasteiger charge is 2.32. The molecular weight excluding hydrogens is 266 g/mol. The maximum absolute atomic E-state index is 10.4. The lowest BCUT2D eigenvalue weighted by Gasteiger charge is -2.27. The third-order valence-corrected chi connectivity index (χ3v) is 3.99. The molecule has 0 aliphatic heterocycles. The van der Waals surface area contributed by atoms with Gasteiger partial charge in [0.05, 0.1) is 12.1 Å². The molecule has 1 aliphatic rings. The molecule has 1 heterocycles. The average Bonchev–Trinajstić information content (AvgIpc) is 3.09. The standard InChI is InChI=1S/C16H21N3O2/c1-19(12-16(20)9-5-6-10-16)11-14-17-18-15(21-14)13-7-3-2-4-8-13/h2-4,7-8,20H,5-6,9-12H2,1H3. The first-order chi connectivity index (χ1) is 10.1. The molecule has 0 spiro atoms. The van der Waals surface area contributed by atoms with Crippen LogP contribution in [0.3, 0.4) is 0 Å². The first-order valence-electron chi connectivity index (χ1n) is 7.43. The van der Waals surface area contributed by atoms with Crippen LogP contribution in [0, 0.1) is 0 Å². The fourth-order valence-corrected chi connectivity index (χ4v) is 3.00. The normalized spacial score (nSPS) is 17.5. The predicted molar refractivity (Wildman–Crippen MR) is 79.5 cm³/mol. The maximum Gasteiger partial charge on any atom is 0.247 e. The fourth-order valence-electron chi connectivity index (χ4n) is 3.00. The van der Waals surface area contributed by atoms with E-state index in [0.717, 1.165) is 31.2 Å². The van der Waals surface area contributed by atoms with Crippen LogP contribution < -0.4 is 0 Å². The van der Waals surface area contributed by atoms with Gasteiger partial charge in [-0.15, -0.1) is 10.2 Å². The zero-order valence-electron chi connectivity index (χ0n) is 12.3. The molecule has 1 aliphatic carbocycles. The molecule has 5 heteroatoms. The number of hydrogen-bond acceptors (Lipinski definition) is 5. The first kappa shape index (κ1) is 14.2. The van der Waals surface area contributed by atoms with Gasteiger partial charge in [0.1, 0.15) is 0 Å². The summed E-state index contributed by atoms with van der Waals surface area (Å²) in [7, 11) is 1.97. The average molecular weight is 287 g/mol. The lowest BCUT2D eigenvalue weighted by molar-refractivity contribution is 0.0128. The summed E-state index contributed by atoms with van der Waals surface area (Å²) < 4.78 is 5.69. The Morgan fingerprint density at radius 3 is 2.62 bits per heavy atom. The molecule has 0 saturated heterocycles. The fraction of sp³-hybridized carbons (Fsp3) is 0.500. The Labute approximate surface area is 124 Å². The topological polar surface area (TPSA) is 62.4 Å². The Balaban J connectivity index is 1.62. The summed E-state index contributed by atoms with van der Waals surface area (Å²) in [6, 6.07) is 9.74. The van der Waals surface area contributed by atoms with Gasteiger partial charge >= 0.3 is 0 Å². The first-order valence-corrected chi connectivity index (χ1v) is 7.43. The summed E-state index contributed by atoms with van der Waals surface area (Å²) in [5.41, 5.74) is 0.380. The van der Waals surface area contributed by atoms with Crippen molar-refractivity contribution in [2.75, 3.05) is 13.6 Å². The van der Waals surface area contributed by atoms with Gasteiger partial charge in [0.25, 0.3) is 0 Å². The van der Waals surface area contributed by atoms with E-state index < -0.39 is 5.60 Å². The molecule has 3 rings (SSSR count). The van der Waals surface area contributed by atoms with Crippen molar-refractivity contribution in [2.24, 2.45) is 0 Å². The van der Waals surface area contributed by atoms with E-state index in [-0.39, 0.29) is 0 Å². The summed E-state index contributed by atoms with van der Waals surface area (Å²) in [6.45, 7) is 1.21. The molecule has 1 fully saturated rings. The lowest BCUT2D eigenvalue weighted by Crippen LogP contribution is -2.38. The van der Waals surface area contributed by atoms with Crippen molar-refractivity contribution in [3.05, 3.63) is 36.2 Å². The van der Waals surface area contributed by atoms with Crippen molar-refractivity contribution in [3.8, 4) is 11.5 Å². The zero-order valence-corrected chi connectivity index (χ0v) is 12.3. The van der Waals surface area contributed by atoms with Crippen LogP contribution in [0.15, 0.2) is 34.7 Å². The van der Waals surface area contributed by atoms with Crippen molar-refractivity contribution in [3.63, 3.8) is 0 Å². The number of aliphatic hydroxyl groups is 1. The predicted octanol–water partition coefficient (Wildman–Crippen LogP) is 2.47. The Bertz CT molecular complexity index is 576. The number of benzene rings is 1. The quantitative estimate of drug-likeness (QED) is 0.915. The van der Waals surface area contributed by atoms with Gasteiger partial charge in [0, 0.05) is 12.1 Å². The Morgan fingerprint density at radius 1 is 1.19 bits per heavy atom. The Kier molecular flexibility index (Phi) is 4.03. The molecule has 2 aromatic rings. The highest BCUT2D eigenvalue weighted by Crippen LogP contribution is 2.30. The molecule has 1 aromatic heterocycles. The second-order valence-electron chi connectivity index (χ2n) is 5.97. The smallest absolute Gasteiger partial charge is 0.247 e. The van der Waals surface area contributed by atoms with Crippen molar-refractivity contribution in [1.82, 2.24) is 15.1 Å². The molecule has 0 unspecified atom stereocenters. The highest BCUT2D eigenvalue weighted by atomic mass is 16.4. The highest BCUT2D eigenvalue weighted by molar-refractivity contribution is 5.51. The minimum atomic E-state index is -0.545. The van der Waals surface area contributed by atoms with Crippen LogP contribution in [-0.4, -0.2) is 39.4 Å². The molecule has 0 amide bonds. The summed E-state index contributed by atoms with van der Waals surface area (Å²) in [5, 5.41) is 18.6. The van der Waals surface area contributed by atoms with E-state index in [0.29, 0.717) is 24.9 Å². The summed E-state index contributed by atoms with van der Waals surface area (Å²) in [4.78, 5) is 2.05. The van der Waals surface area contributed by atoms with Crippen molar-refractivity contribution >= 4 is 0 Å². The molecule has 0 bridgehead atoms. The van der Waals surface area contributed by atoms with Gasteiger partial charge in [0.15, 0.2) is 0 Å². The van der Waals surface area contributed by atoms with E-state index in [1.807, 2.05) is 42.3 Å². The maximum atomic E-state index is 10.4. The molecule has 1 aromatic carbocycles. The Morgan fingerprint density at radius 2 is 1.90 bits per heavy atom. The molecule has 1 saturated carbocycles. The lowest BCUT2D eigenvalue weighted by atomic mass is 10.0. The van der Waals surface area contributed by atoms with E-state index in [4.69, 9.17) is 4.42 Å². The van der Waals surface area contributed by atoms with E-state index in [2.05, 4.69) is 10.2 Å². The third-order valence-electron chi connectivity index (χ3n) is 3.99. The van der Waals surface area contributed by atoms with Crippen molar-refractivity contribution in [2.45, 2.75) is 37.8 Å². The van der Waals surface area contributed by atoms with Gasteiger partial charge in [-0.2, -0.15) is 0 Å². The molecular formula is C16H21N3O2. The van der Waals surface area contributed by atoms with Crippen LogP contribution in [0.25, 0.3) is 11.5 Å². The second-order valence-corrected chi connectivity index (χ2v) is 5.97. The number of likely N-dealkylation sites (N-methyl/N-ethyl adjacent to an activating group) is 1. The minimum Gasteiger partial charge on any atom is -0.419 e. The minimum absolute atomic E-state index is 0.540. The van der Waals surface area contributed by atoms with Crippen molar-refractivity contribution in [1.29, 1.82) is 0 Å². The second kappa shape index (κ2) is 5.95. The number of rotatable bonds is 5. The Hall–Kier alpha value is -1.72. The molecule has 0 radical (unpaired) electrons. The molecule has 0 atom stereocenters. The number of aromatic nitrogens is 2. The molecule has 1 N–H and O–H groups in total. The molecule has 112 valence electrons. The van der Waals surface area contributed by atoms with E-state index in [1.54, 1.807) is 0 Å². The monoisotopic (exact) mass is 287 g/mol. The summed E-state index contributed by atoms with van der Waals surface area (Å²) in [6.07, 6.45) is 4.00. The largest absolute Gasteiger partial charge is 0.419 e. The van der Waals surface area contributed by atoms with Gasteiger partial charge in [-0.05, 0) is 32.0 Å². The number of nitrogens with zero attached hydrogens (tertiary/aromatic N) is 3. The molecule has 5 nitrogen and oxygen atoms in total. The van der Waals surface area contributed by atoms with Gasteiger partial charge < -0.3 is 9.52 Å². The van der Waals surface area contributed by atoms with Crippen LogP contribution in [-0.2, 0) is 6.54 Å². The third kappa shape index (κ3) is 3.49. The van der Waals surface area contributed by atoms with E-state index in [1.165, 1.54) is 0 Å². The summed E-state index contributed by atoms with van der Waals surface area (Å²) >= 11 is 0. The van der Waals surface area contributed by atoms with Gasteiger partial charge in [-0.25, -0.2) is 0 Å². The van der Waals surface area contributed by atoms with E-state index >= 15 is 0 Å². The van der Waals surface area contributed by atoms with Crippen LogP contribution >= 0.6 is 0 Å². The molecule has 21 heavy (non-hydrogen) atoms. The van der Waals surface area contributed by atoms with Crippen LogP contribution in [0.2, 0.25) is 0 Å². The van der Waals surface area contributed by atoms with Crippen LogP contribution in [0.5, 0.6) is 0 Å². The van der Waals surface area contributed by atoms with E-state index in [9.17, 15) is 5.11 Å².